The maximum Gasteiger partial charge on any atom is 0.154 e. The molecule has 0 aliphatic heterocycles. The number of Topliss-reactive ketones (excluding diaryl/α,β-unsaturated/α-hetero) is 1. The minimum Gasteiger partial charge on any atom is -0.295 e. The Morgan fingerprint density at radius 1 is 1.16 bits per heavy atom. The summed E-state index contributed by atoms with van der Waals surface area (Å²) in [4.78, 5) is 12.5. The Bertz CT molecular complexity index is 544. The number of fused-ring (bicyclic) bond motifs is 5. The Morgan fingerprint density at radius 3 is 2.58 bits per heavy atom. The zero-order valence-corrected chi connectivity index (χ0v) is 13.0. The number of hydrogen-bond acceptors (Lipinski definition) is 1. The van der Waals surface area contributed by atoms with Gasteiger partial charge in [-0.1, -0.05) is 31.4 Å². The van der Waals surface area contributed by atoms with Gasteiger partial charge in [-0.3, -0.25) is 4.79 Å². The topological polar surface area (TPSA) is 17.1 Å². The minimum absolute atomic E-state index is 0. The van der Waals surface area contributed by atoms with Crippen molar-refractivity contribution in [2.45, 2.75) is 39.5 Å². The third-order valence-electron chi connectivity index (χ3n) is 4.83. The van der Waals surface area contributed by atoms with Gasteiger partial charge in [-0.05, 0) is 31.3 Å². The van der Waals surface area contributed by atoms with Crippen LogP contribution in [0.2, 0.25) is 0 Å². The van der Waals surface area contributed by atoms with Crippen molar-refractivity contribution in [2.75, 3.05) is 0 Å². The summed E-state index contributed by atoms with van der Waals surface area (Å²) in [6.45, 7) is 6.28. The summed E-state index contributed by atoms with van der Waals surface area (Å²) in [6.07, 6.45) is 2.10. The van der Waals surface area contributed by atoms with Crippen molar-refractivity contribution in [3.63, 3.8) is 0 Å². The first-order valence-corrected chi connectivity index (χ1v) is 6.75. The summed E-state index contributed by atoms with van der Waals surface area (Å²) in [5.41, 5.74) is 5.01. The summed E-state index contributed by atoms with van der Waals surface area (Å²) >= 11 is 0. The van der Waals surface area contributed by atoms with Crippen molar-refractivity contribution in [3.8, 4) is 0 Å². The van der Waals surface area contributed by atoms with E-state index >= 15 is 0 Å². The van der Waals surface area contributed by atoms with E-state index < -0.39 is 0 Å². The van der Waals surface area contributed by atoms with Crippen LogP contribution in [0.5, 0.6) is 0 Å². The van der Waals surface area contributed by atoms with E-state index in [-0.39, 0.29) is 23.3 Å². The van der Waals surface area contributed by atoms with Gasteiger partial charge in [-0.15, -0.1) is 17.7 Å². The third kappa shape index (κ3) is 2.08. The van der Waals surface area contributed by atoms with Crippen LogP contribution in [-0.2, 0) is 22.2 Å². The van der Waals surface area contributed by atoms with Gasteiger partial charge >= 0.3 is 0 Å². The summed E-state index contributed by atoms with van der Waals surface area (Å²) in [6, 6.07) is 8.61. The predicted octanol–water partition coefficient (Wildman–Crippen LogP) is 4.04. The van der Waals surface area contributed by atoms with Crippen LogP contribution >= 0.6 is 0 Å². The number of ketones is 1. The van der Waals surface area contributed by atoms with Crippen LogP contribution in [0.4, 0.5) is 0 Å². The molecular formula is C17H19CrO-. The average Bonchev–Trinajstić information content (AvgIpc) is 2.60. The zero-order chi connectivity index (χ0) is 12.9. The van der Waals surface area contributed by atoms with E-state index in [2.05, 4.69) is 38.1 Å². The molecule has 3 rings (SSSR count). The SMILES string of the molecule is CC1=C(C)C2CCC(C1=O)[C-](C)c1ccccc12.[Cr]. The standard InChI is InChI=1S/C17H19O.Cr/c1-10-11(2)17(18)15-9-8-14(10)16-7-5-4-6-13(16)12(15)3;/h4-7,14-15H,8-9H2,1-3H3;/q-1;. The molecule has 2 unspecified atom stereocenters. The molecular weight excluding hydrogens is 272 g/mol. The molecule has 0 N–H and O–H groups in total. The van der Waals surface area contributed by atoms with Crippen LogP contribution < -0.4 is 0 Å². The second-order valence-corrected chi connectivity index (χ2v) is 5.63. The van der Waals surface area contributed by atoms with E-state index in [1.54, 1.807) is 0 Å². The van der Waals surface area contributed by atoms with Crippen LogP contribution in [0.3, 0.4) is 0 Å². The van der Waals surface area contributed by atoms with Gasteiger partial charge in [0.15, 0.2) is 5.78 Å². The van der Waals surface area contributed by atoms with E-state index in [0.717, 1.165) is 18.4 Å². The Labute approximate surface area is 126 Å². The second-order valence-electron chi connectivity index (χ2n) is 5.63. The summed E-state index contributed by atoms with van der Waals surface area (Å²) in [7, 11) is 0. The Kier molecular flexibility index (Phi) is 3.95. The van der Waals surface area contributed by atoms with Gasteiger partial charge in [-0.2, -0.15) is 17.5 Å². The largest absolute Gasteiger partial charge is 0.295 e. The monoisotopic (exact) mass is 291 g/mol. The van der Waals surface area contributed by atoms with Gasteiger partial charge in [0, 0.05) is 17.4 Å². The van der Waals surface area contributed by atoms with Crippen molar-refractivity contribution >= 4 is 5.78 Å². The van der Waals surface area contributed by atoms with E-state index in [1.165, 1.54) is 22.6 Å². The minimum atomic E-state index is 0. The van der Waals surface area contributed by atoms with Gasteiger partial charge in [0.2, 0.25) is 0 Å². The Hall–Kier alpha value is -0.968. The first-order chi connectivity index (χ1) is 8.61. The second kappa shape index (κ2) is 5.19. The van der Waals surface area contributed by atoms with Crippen LogP contribution in [-0.4, -0.2) is 5.78 Å². The third-order valence-corrected chi connectivity index (χ3v) is 4.83. The Morgan fingerprint density at radius 2 is 1.84 bits per heavy atom. The van der Waals surface area contributed by atoms with E-state index in [1.807, 2.05) is 6.92 Å². The molecule has 19 heavy (non-hydrogen) atoms. The van der Waals surface area contributed by atoms with Gasteiger partial charge in [0.05, 0.1) is 0 Å². The van der Waals surface area contributed by atoms with Crippen molar-refractivity contribution in [2.24, 2.45) is 5.92 Å². The number of rotatable bonds is 0. The molecule has 2 aliphatic rings. The molecule has 2 bridgehead atoms. The molecule has 1 nitrogen and oxygen atoms in total. The molecule has 0 radical (unpaired) electrons. The van der Waals surface area contributed by atoms with E-state index in [9.17, 15) is 4.79 Å². The molecule has 0 saturated carbocycles. The number of carbonyl (C=O) groups is 1. The first kappa shape index (κ1) is 14.4. The van der Waals surface area contributed by atoms with Crippen molar-refractivity contribution < 1.29 is 22.2 Å². The van der Waals surface area contributed by atoms with Gasteiger partial charge < -0.3 is 0 Å². The molecule has 1 aromatic carbocycles. The average molecular weight is 291 g/mol. The molecule has 2 heteroatoms. The maximum absolute atomic E-state index is 12.5. The van der Waals surface area contributed by atoms with Crippen molar-refractivity contribution in [1.29, 1.82) is 0 Å². The van der Waals surface area contributed by atoms with E-state index in [0.29, 0.717) is 11.7 Å². The number of allylic oxidation sites excluding steroid dienone is 2. The molecule has 0 spiro atoms. The fraction of sp³-hybridized carbons (Fsp3) is 0.412. The summed E-state index contributed by atoms with van der Waals surface area (Å²) in [5, 5.41) is 0. The fourth-order valence-corrected chi connectivity index (χ4v) is 3.55. The zero-order valence-electron chi connectivity index (χ0n) is 11.7. The smallest absolute Gasteiger partial charge is 0.154 e. The van der Waals surface area contributed by atoms with E-state index in [4.69, 9.17) is 0 Å². The van der Waals surface area contributed by atoms with Crippen LogP contribution in [0.15, 0.2) is 35.4 Å². The quantitative estimate of drug-likeness (QED) is 0.659. The van der Waals surface area contributed by atoms with Crippen molar-refractivity contribution in [1.82, 2.24) is 0 Å². The fourth-order valence-electron chi connectivity index (χ4n) is 3.55. The number of carbonyl (C=O) groups excluding carboxylic acids is 1. The predicted molar refractivity (Wildman–Crippen MR) is 73.3 cm³/mol. The van der Waals surface area contributed by atoms with Gasteiger partial charge in [-0.25, -0.2) is 0 Å². The van der Waals surface area contributed by atoms with Crippen molar-refractivity contribution in [3.05, 3.63) is 52.5 Å². The molecule has 2 aliphatic carbocycles. The normalized spacial score (nSPS) is 25.6. The maximum atomic E-state index is 12.5. The molecule has 0 saturated heterocycles. The molecule has 0 aromatic heterocycles. The molecule has 100 valence electrons. The van der Waals surface area contributed by atoms with Gasteiger partial charge in [0.1, 0.15) is 0 Å². The first-order valence-electron chi connectivity index (χ1n) is 6.75. The molecule has 0 heterocycles. The molecule has 1 aromatic rings. The molecule has 2 atom stereocenters. The molecule has 0 fully saturated rings. The van der Waals surface area contributed by atoms with Gasteiger partial charge in [0.25, 0.3) is 0 Å². The molecule has 0 amide bonds. The van der Waals surface area contributed by atoms with Crippen LogP contribution in [0.1, 0.15) is 50.7 Å². The summed E-state index contributed by atoms with van der Waals surface area (Å²) in [5.74, 6) is 2.16. The number of hydrogen-bond donors (Lipinski definition) is 0. The number of benzene rings is 1. The Balaban J connectivity index is 0.00000133. The summed E-state index contributed by atoms with van der Waals surface area (Å²) < 4.78 is 0. The van der Waals surface area contributed by atoms with Crippen LogP contribution in [0.25, 0.3) is 0 Å². The van der Waals surface area contributed by atoms with Crippen LogP contribution in [0, 0.1) is 11.8 Å².